The summed E-state index contributed by atoms with van der Waals surface area (Å²) in [4.78, 5) is 41.0. The highest BCUT2D eigenvalue weighted by Crippen LogP contribution is 2.42. The molecule has 0 spiro atoms. The number of aliphatic hydroxyl groups is 1. The number of thioether (sulfide) groups is 1. The number of benzene rings is 3. The number of rotatable bonds is 9. The summed E-state index contributed by atoms with van der Waals surface area (Å²) in [6, 6.07) is 27.4. The first-order valence-corrected chi connectivity index (χ1v) is 13.5. The van der Waals surface area contributed by atoms with E-state index in [1.807, 2.05) is 91.0 Å². The van der Waals surface area contributed by atoms with Crippen LogP contribution in [0.4, 0.5) is 0 Å². The summed E-state index contributed by atoms with van der Waals surface area (Å²) >= 11 is 1.47. The Bertz CT molecular complexity index is 1290. The predicted octanol–water partition coefficient (Wildman–Crippen LogP) is 3.60. The second-order valence-corrected chi connectivity index (χ2v) is 10.3. The van der Waals surface area contributed by atoms with Crippen molar-refractivity contribution in [2.75, 3.05) is 12.4 Å². The summed E-state index contributed by atoms with van der Waals surface area (Å²) in [5.74, 6) is -0.788. The molecule has 8 heteroatoms. The average Bonchev–Trinajstić information content (AvgIpc) is 2.96. The van der Waals surface area contributed by atoms with Gasteiger partial charge in [-0.05, 0) is 28.7 Å². The van der Waals surface area contributed by atoms with E-state index in [9.17, 15) is 19.5 Å². The minimum Gasteiger partial charge on any atom is -0.448 e. The number of fused-ring (bicyclic) bond motifs is 1. The third-order valence-corrected chi connectivity index (χ3v) is 7.95. The fraction of sp³-hybridized carbons (Fsp3) is 0.233. The molecule has 0 unspecified atom stereocenters. The number of esters is 1. The van der Waals surface area contributed by atoms with Gasteiger partial charge in [-0.3, -0.25) is 14.5 Å². The van der Waals surface area contributed by atoms with Crippen LogP contribution in [0.25, 0.3) is 0 Å². The van der Waals surface area contributed by atoms with Crippen LogP contribution in [0.1, 0.15) is 29.2 Å². The van der Waals surface area contributed by atoms with Crippen LogP contribution in [0.2, 0.25) is 0 Å². The number of carbonyl (C=O) groups excluding carboxylic acids is 3. The lowest BCUT2D eigenvalue weighted by Gasteiger charge is -2.50. The normalized spacial score (nSPS) is 18.6. The molecule has 0 aliphatic carbocycles. The molecule has 38 heavy (non-hydrogen) atoms. The molecule has 1 fully saturated rings. The highest BCUT2D eigenvalue weighted by molar-refractivity contribution is 8.00. The summed E-state index contributed by atoms with van der Waals surface area (Å²) in [6.07, 6.45) is -0.253. The fourth-order valence-electron chi connectivity index (χ4n) is 4.75. The minimum atomic E-state index is -0.728. The van der Waals surface area contributed by atoms with Gasteiger partial charge >= 0.3 is 5.97 Å². The number of hydrogen-bond donors (Lipinski definition) is 2. The summed E-state index contributed by atoms with van der Waals surface area (Å²) in [6.45, 7) is -0.155. The number of hydrogen-bond acceptors (Lipinski definition) is 6. The maximum Gasteiger partial charge on any atom is 0.356 e. The second kappa shape index (κ2) is 11.7. The monoisotopic (exact) mass is 528 g/mol. The Morgan fingerprint density at radius 3 is 2.11 bits per heavy atom. The van der Waals surface area contributed by atoms with Gasteiger partial charge in [-0.15, -0.1) is 11.8 Å². The van der Waals surface area contributed by atoms with E-state index in [2.05, 4.69) is 5.32 Å². The Balaban J connectivity index is 1.36. The van der Waals surface area contributed by atoms with Crippen LogP contribution in [0.15, 0.2) is 102 Å². The van der Waals surface area contributed by atoms with E-state index in [-0.39, 0.29) is 37.0 Å². The van der Waals surface area contributed by atoms with Gasteiger partial charge < -0.3 is 15.2 Å². The highest BCUT2D eigenvalue weighted by Gasteiger charge is 2.54. The molecule has 5 rings (SSSR count). The smallest absolute Gasteiger partial charge is 0.356 e. The summed E-state index contributed by atoms with van der Waals surface area (Å²) in [5, 5.41) is 12.1. The van der Waals surface area contributed by atoms with E-state index < -0.39 is 23.5 Å². The molecule has 2 aliphatic heterocycles. The van der Waals surface area contributed by atoms with E-state index in [1.165, 1.54) is 16.7 Å². The van der Waals surface area contributed by atoms with Gasteiger partial charge in [-0.1, -0.05) is 91.0 Å². The van der Waals surface area contributed by atoms with E-state index >= 15 is 0 Å². The lowest BCUT2D eigenvalue weighted by Crippen LogP contribution is -2.70. The van der Waals surface area contributed by atoms with Crippen LogP contribution < -0.4 is 5.32 Å². The number of nitrogens with zero attached hydrogens (tertiary/aromatic N) is 1. The number of aliphatic hydroxyl groups excluding tert-OH is 1. The van der Waals surface area contributed by atoms with Gasteiger partial charge in [-0.25, -0.2) is 4.79 Å². The summed E-state index contributed by atoms with van der Waals surface area (Å²) < 4.78 is 6.07. The molecule has 2 heterocycles. The van der Waals surface area contributed by atoms with Gasteiger partial charge in [0.1, 0.15) is 17.1 Å². The van der Waals surface area contributed by atoms with Gasteiger partial charge in [-0.2, -0.15) is 0 Å². The zero-order chi connectivity index (χ0) is 26.5. The van der Waals surface area contributed by atoms with Crippen molar-refractivity contribution in [3.63, 3.8) is 0 Å². The molecule has 1 saturated heterocycles. The lowest BCUT2D eigenvalue weighted by atomic mass is 10.00. The minimum absolute atomic E-state index is 0.155. The second-order valence-electron chi connectivity index (χ2n) is 9.15. The molecular weight excluding hydrogens is 500 g/mol. The van der Waals surface area contributed by atoms with Crippen molar-refractivity contribution < 1.29 is 24.2 Å². The molecular formula is C30H28N2O5S. The SMILES string of the molecule is O=C(Cc1ccccc1)N[C@@H]1C(=O)N2C(C(=O)OC(c3ccccc3)c3ccccc3)=C(CCO)CS[C@H]12. The zero-order valence-corrected chi connectivity index (χ0v) is 21.5. The van der Waals surface area contributed by atoms with E-state index in [0.29, 0.717) is 11.3 Å². The van der Waals surface area contributed by atoms with Gasteiger partial charge in [0.05, 0.1) is 6.42 Å². The fourth-order valence-corrected chi connectivity index (χ4v) is 6.14. The van der Waals surface area contributed by atoms with Crippen LogP contribution in [0.5, 0.6) is 0 Å². The molecule has 2 atom stereocenters. The quantitative estimate of drug-likeness (QED) is 0.326. The summed E-state index contributed by atoms with van der Waals surface area (Å²) in [5.41, 5.74) is 3.28. The molecule has 0 aromatic heterocycles. The van der Waals surface area contributed by atoms with Crippen molar-refractivity contribution >= 4 is 29.5 Å². The van der Waals surface area contributed by atoms with Crippen LogP contribution in [0, 0.1) is 0 Å². The first-order valence-electron chi connectivity index (χ1n) is 12.5. The van der Waals surface area contributed by atoms with Crippen molar-refractivity contribution in [1.29, 1.82) is 0 Å². The summed E-state index contributed by atoms with van der Waals surface area (Å²) in [7, 11) is 0. The molecule has 2 aliphatic rings. The molecule has 3 aromatic rings. The van der Waals surface area contributed by atoms with Crippen LogP contribution in [-0.4, -0.2) is 51.6 Å². The molecule has 194 valence electrons. The van der Waals surface area contributed by atoms with Crippen molar-refractivity contribution in [2.24, 2.45) is 0 Å². The largest absolute Gasteiger partial charge is 0.448 e. The topological polar surface area (TPSA) is 95.9 Å². The van der Waals surface area contributed by atoms with Crippen molar-refractivity contribution in [3.8, 4) is 0 Å². The molecule has 0 saturated carbocycles. The first kappa shape index (κ1) is 25.8. The molecule has 2 N–H and O–H groups in total. The Kier molecular flexibility index (Phi) is 7.91. The standard InChI is InChI=1S/C30H28N2O5S/c33-17-16-23-19-38-29-25(31-24(34)18-20-10-4-1-5-11-20)28(35)32(29)26(23)30(36)37-27(21-12-6-2-7-13-21)22-14-8-3-9-15-22/h1-15,25,27,29,33H,16-19H2,(H,31,34)/t25-,29-/m1/s1. The van der Waals surface area contributed by atoms with Crippen molar-refractivity contribution in [1.82, 2.24) is 10.2 Å². The molecule has 0 bridgehead atoms. The Morgan fingerprint density at radius 1 is 0.947 bits per heavy atom. The number of amides is 2. The van der Waals surface area contributed by atoms with Gasteiger partial charge in [0.15, 0.2) is 6.10 Å². The number of nitrogens with one attached hydrogen (secondary N) is 1. The molecule has 7 nitrogen and oxygen atoms in total. The Morgan fingerprint density at radius 2 is 1.53 bits per heavy atom. The maximum atomic E-state index is 13.7. The van der Waals surface area contributed by atoms with Crippen molar-refractivity contribution in [3.05, 3.63) is 119 Å². The van der Waals surface area contributed by atoms with Crippen LogP contribution >= 0.6 is 11.8 Å². The third-order valence-electron chi connectivity index (χ3n) is 6.61. The Hall–Kier alpha value is -3.88. The third kappa shape index (κ3) is 5.37. The number of ether oxygens (including phenoxy) is 1. The Labute approximate surface area is 225 Å². The van der Waals surface area contributed by atoms with E-state index in [4.69, 9.17) is 4.74 Å². The molecule has 0 radical (unpaired) electrons. The molecule has 2 amide bonds. The maximum absolute atomic E-state index is 13.7. The van der Waals surface area contributed by atoms with Gasteiger partial charge in [0, 0.05) is 12.4 Å². The zero-order valence-electron chi connectivity index (χ0n) is 20.7. The van der Waals surface area contributed by atoms with E-state index in [1.54, 1.807) is 0 Å². The molecule has 3 aromatic carbocycles. The lowest BCUT2D eigenvalue weighted by molar-refractivity contribution is -0.154. The highest BCUT2D eigenvalue weighted by atomic mass is 32.2. The van der Waals surface area contributed by atoms with Gasteiger partial charge in [0.2, 0.25) is 5.91 Å². The van der Waals surface area contributed by atoms with Crippen LogP contribution in [0.3, 0.4) is 0 Å². The number of β-lactam (4-membered cyclic amide) rings is 1. The van der Waals surface area contributed by atoms with Gasteiger partial charge in [0.25, 0.3) is 5.91 Å². The number of carbonyl (C=O) groups is 3. The average molecular weight is 529 g/mol. The predicted molar refractivity (Wildman–Crippen MR) is 145 cm³/mol. The first-order chi connectivity index (χ1) is 18.6. The van der Waals surface area contributed by atoms with Crippen LogP contribution in [-0.2, 0) is 25.5 Å². The van der Waals surface area contributed by atoms with Crippen molar-refractivity contribution in [2.45, 2.75) is 30.4 Å². The van der Waals surface area contributed by atoms with E-state index in [0.717, 1.165) is 16.7 Å².